The van der Waals surface area contributed by atoms with Crippen molar-refractivity contribution in [2.24, 2.45) is 22.7 Å². The van der Waals surface area contributed by atoms with Crippen molar-refractivity contribution in [3.8, 4) is 22.8 Å². The topological polar surface area (TPSA) is 205 Å². The van der Waals surface area contributed by atoms with Crippen LogP contribution in [0.3, 0.4) is 0 Å². The maximum absolute atomic E-state index is 15.0. The lowest BCUT2D eigenvalue weighted by Crippen LogP contribution is -3.04. The van der Waals surface area contributed by atoms with Gasteiger partial charge in [0.25, 0.3) is 0 Å². The van der Waals surface area contributed by atoms with Crippen molar-refractivity contribution >= 4 is 56.4 Å². The van der Waals surface area contributed by atoms with E-state index >= 15 is 4.79 Å². The first-order chi connectivity index (χ1) is 30.4. The molecule has 4 aromatic rings. The highest BCUT2D eigenvalue weighted by Gasteiger charge is 2.70. The number of aliphatic imine (C=N–C) groups is 1. The number of rotatable bonds is 4. The fourth-order valence-corrected chi connectivity index (χ4v) is 13.5. The Hall–Kier alpha value is -5.13. The van der Waals surface area contributed by atoms with Crippen LogP contribution >= 0.6 is 21.6 Å². The highest BCUT2D eigenvalue weighted by molar-refractivity contribution is 8.76. The normalized spacial score (nSPS) is 31.5. The van der Waals surface area contributed by atoms with Crippen LogP contribution in [0.15, 0.2) is 80.2 Å². The Balaban J connectivity index is 1.01. The Kier molecular flexibility index (Phi) is 9.84. The van der Waals surface area contributed by atoms with Gasteiger partial charge in [-0.05, 0) is 88.4 Å². The molecule has 63 heavy (non-hydrogen) atoms. The fraction of sp³-hybridized carbons (Fsp3) is 0.426. The van der Waals surface area contributed by atoms with Crippen LogP contribution in [0.25, 0.3) is 22.2 Å². The molecule has 1 unspecified atom stereocenters. The third kappa shape index (κ3) is 6.78. The zero-order valence-corrected chi connectivity index (χ0v) is 36.9. The maximum Gasteiger partial charge on any atom is 0.342 e. The highest BCUT2D eigenvalue weighted by atomic mass is 33.1. The summed E-state index contributed by atoms with van der Waals surface area (Å²) in [4.78, 5) is 44.0. The number of carbonyl (C=O) groups is 1. The number of hydrogen-bond donors (Lipinski definition) is 5. The third-order valence-electron chi connectivity index (χ3n) is 14.2. The number of benzene rings is 1. The van der Waals surface area contributed by atoms with Crippen molar-refractivity contribution in [1.29, 1.82) is 0 Å². The van der Waals surface area contributed by atoms with Gasteiger partial charge in [-0.1, -0.05) is 33.7 Å². The number of nitrogen functional groups attached to an aromatic ring is 2. The molecule has 7 N–H and O–H groups in total. The van der Waals surface area contributed by atoms with E-state index in [2.05, 4.69) is 46.9 Å². The predicted octanol–water partition coefficient (Wildman–Crippen LogP) is 4.92. The lowest BCUT2D eigenvalue weighted by Gasteiger charge is -2.49. The van der Waals surface area contributed by atoms with Crippen molar-refractivity contribution in [2.75, 3.05) is 37.4 Å². The molecule has 10 heterocycles. The largest absolute Gasteiger partial charge is 0.507 e. The summed E-state index contributed by atoms with van der Waals surface area (Å²) in [5.41, 5.74) is 18.1. The number of nitrogens with zero attached hydrogens (tertiary/aromatic N) is 3. The average Bonchev–Trinajstić information content (AvgIpc) is 3.58. The minimum Gasteiger partial charge on any atom is -0.507 e. The number of fused-ring (bicyclic) bond motifs is 8. The molecule has 14 nitrogen and oxygen atoms in total. The first-order valence-corrected chi connectivity index (χ1v) is 24.2. The number of nitrogens with one attached hydrogen (secondary N) is 2. The number of pyridine rings is 2. The minimum atomic E-state index is -1.21. The van der Waals surface area contributed by atoms with Gasteiger partial charge in [0, 0.05) is 70.4 Å². The number of allylic oxidation sites excluding steroid dienone is 2. The number of phenols is 1. The second-order valence-electron chi connectivity index (χ2n) is 18.2. The molecule has 6 bridgehead atoms. The number of phenolic OH excluding ortho intramolecular Hbond substituents is 1. The van der Waals surface area contributed by atoms with E-state index in [4.69, 9.17) is 40.1 Å². The molecule has 1 aliphatic carbocycles. The standard InChI is InChI=1S/C47H49N7O7S2/c1-23-12-34(55)40-35(58-23)17-36-41(42(40)56)39-29-6-5-27(15-26(29)18-50-3)47-37(61-47)7-4-24-13-32(53-38(48)14-24)30-16-28(20-54-19-25-8-10-51-33(25)21-54)52-44(49)31(30)22-63-62-11-9-46(2,60-36)43(39)59-45(47)57/h5-6,8,10,12-14,16-17,21,26-27,29,37,39,43,50,56H,4,7,9,11,15,18-20,22H2,1-3H3,(H2,48,53)(H2,49,52)/p+1/t26-,27+,29+,37-,39+,43-,46+,47+/m1/s1. The Morgan fingerprint density at radius 2 is 1.97 bits per heavy atom. The van der Waals surface area contributed by atoms with Gasteiger partial charge < -0.3 is 40.5 Å². The van der Waals surface area contributed by atoms with Crippen LogP contribution in [-0.2, 0) is 33.0 Å². The number of ether oxygens (including phenoxy) is 3. The van der Waals surface area contributed by atoms with E-state index in [1.165, 1.54) is 16.5 Å². The molecule has 8 aliphatic rings. The van der Waals surface area contributed by atoms with E-state index in [0.717, 1.165) is 40.3 Å². The predicted molar refractivity (Wildman–Crippen MR) is 243 cm³/mol. The van der Waals surface area contributed by atoms with Gasteiger partial charge in [0.15, 0.2) is 11.0 Å². The molecule has 326 valence electrons. The number of aryl methyl sites for hydroxylation is 2. The van der Waals surface area contributed by atoms with Crippen LogP contribution in [0, 0.1) is 24.7 Å². The van der Waals surface area contributed by atoms with Crippen LogP contribution in [-0.4, -0.2) is 76.6 Å². The number of carbonyl (C=O) groups excluding carboxylic acids is 1. The van der Waals surface area contributed by atoms with Gasteiger partial charge in [-0.25, -0.2) is 14.8 Å². The number of aromatic hydroxyl groups is 1. The Morgan fingerprint density at radius 3 is 2.81 bits per heavy atom. The van der Waals surface area contributed by atoms with E-state index in [9.17, 15) is 9.90 Å². The number of hydrogen-bond acceptors (Lipinski definition) is 15. The molecule has 2 fully saturated rings. The van der Waals surface area contributed by atoms with Crippen molar-refractivity contribution in [3.63, 3.8) is 0 Å². The van der Waals surface area contributed by atoms with Crippen LogP contribution in [0.2, 0.25) is 0 Å². The van der Waals surface area contributed by atoms with E-state index < -0.39 is 35.3 Å². The van der Waals surface area contributed by atoms with Gasteiger partial charge in [0.05, 0.1) is 17.5 Å². The molecule has 7 aliphatic heterocycles. The van der Waals surface area contributed by atoms with E-state index in [0.29, 0.717) is 79.0 Å². The van der Waals surface area contributed by atoms with Gasteiger partial charge in [0.2, 0.25) is 0 Å². The maximum atomic E-state index is 15.0. The molecule has 16 heteroatoms. The summed E-state index contributed by atoms with van der Waals surface area (Å²) < 4.78 is 26.5. The summed E-state index contributed by atoms with van der Waals surface area (Å²) in [5, 5.41) is 15.7. The minimum absolute atomic E-state index is 0.0337. The van der Waals surface area contributed by atoms with Crippen LogP contribution < -0.4 is 31.8 Å². The summed E-state index contributed by atoms with van der Waals surface area (Å²) in [5.74, 6) is 1.28. The van der Waals surface area contributed by atoms with E-state index in [1.54, 1.807) is 34.6 Å². The Bertz CT molecular complexity index is 2790. The quantitative estimate of drug-likeness (QED) is 0.0799. The first-order valence-electron chi connectivity index (χ1n) is 21.7. The van der Waals surface area contributed by atoms with E-state index in [-0.39, 0.29) is 39.9 Å². The van der Waals surface area contributed by atoms with Crippen molar-refractivity contribution in [1.82, 2.24) is 15.3 Å². The van der Waals surface area contributed by atoms with Gasteiger partial charge in [-0.2, -0.15) is 0 Å². The van der Waals surface area contributed by atoms with Crippen LogP contribution in [0.4, 0.5) is 11.6 Å². The molecule has 12 rings (SSSR count). The van der Waals surface area contributed by atoms with Gasteiger partial charge >= 0.3 is 5.97 Å². The molecule has 2 saturated heterocycles. The number of nitrogens with two attached hydrogens (primary N) is 2. The fourth-order valence-electron chi connectivity index (χ4n) is 11.2. The highest BCUT2D eigenvalue weighted by Crippen LogP contribution is 2.60. The SMILES string of the molecule is CNC[C@H]1C[C@@H]2C=C[C@@H]1[C@H]1c3c(cc4oc(C)cc(=O)c4c3O)O[C@@]3(C)CCSSCc4c(cc(C[NH+]5C=C6N=CC=C6C5)nc4N)-c4cc(cc(N)n4)CC[C@H]4O[C@@]24C(=O)O[C@H]13. The summed E-state index contributed by atoms with van der Waals surface area (Å²) in [6.45, 7) is 5.82. The molecule has 0 saturated carbocycles. The van der Waals surface area contributed by atoms with Crippen molar-refractivity contribution in [3.05, 3.63) is 104 Å². The summed E-state index contributed by atoms with van der Waals surface area (Å²) in [6, 6.07) is 9.17. The molecule has 0 radical (unpaired) electrons. The Labute approximate surface area is 372 Å². The van der Waals surface area contributed by atoms with Crippen molar-refractivity contribution < 1.29 is 33.4 Å². The zero-order valence-electron chi connectivity index (χ0n) is 35.3. The van der Waals surface area contributed by atoms with Crippen molar-refractivity contribution in [2.45, 2.75) is 81.2 Å². The van der Waals surface area contributed by atoms with Crippen LogP contribution in [0.1, 0.15) is 60.2 Å². The lowest BCUT2D eigenvalue weighted by atomic mass is 9.64. The summed E-state index contributed by atoms with van der Waals surface area (Å²) in [7, 11) is 5.26. The molecule has 3 aromatic heterocycles. The number of quaternary nitrogens is 1. The Morgan fingerprint density at radius 1 is 1.10 bits per heavy atom. The third-order valence-corrected chi connectivity index (χ3v) is 16.5. The number of esters is 1. The second-order valence-corrected chi connectivity index (χ2v) is 20.8. The first kappa shape index (κ1) is 40.6. The smallest absolute Gasteiger partial charge is 0.342 e. The number of anilines is 2. The van der Waals surface area contributed by atoms with Gasteiger partial charge in [0.1, 0.15) is 76.6 Å². The molecule has 1 aromatic carbocycles. The molecule has 9 atom stereocenters. The molecular weight excluding hydrogens is 839 g/mol. The number of epoxide rings is 1. The lowest BCUT2D eigenvalue weighted by molar-refractivity contribution is -0.852. The van der Waals surface area contributed by atoms with Gasteiger partial charge in [-0.15, -0.1) is 0 Å². The summed E-state index contributed by atoms with van der Waals surface area (Å²) >= 11 is 0. The number of aromatic nitrogens is 2. The molecule has 1 spiro atoms. The van der Waals surface area contributed by atoms with Crippen LogP contribution in [0.5, 0.6) is 11.5 Å². The van der Waals surface area contributed by atoms with Gasteiger partial charge in [-0.3, -0.25) is 14.7 Å². The van der Waals surface area contributed by atoms with E-state index in [1.807, 2.05) is 26.3 Å². The monoisotopic (exact) mass is 888 g/mol. The average molecular weight is 889 g/mol. The molecule has 0 amide bonds. The molecular formula is C47H50N7O7S2+. The second kappa shape index (κ2) is 15.3. The zero-order chi connectivity index (χ0) is 43.4. The summed E-state index contributed by atoms with van der Waals surface area (Å²) in [6.07, 6.45) is 11.4.